The average Bonchev–Trinajstić information content (AvgIpc) is 2.73. The number of pyridine rings is 1. The molecule has 0 unspecified atom stereocenters. The zero-order valence-electron chi connectivity index (χ0n) is 25.3. The van der Waals surface area contributed by atoms with Gasteiger partial charge in [-0.15, -0.1) is 0 Å². The quantitative estimate of drug-likeness (QED) is 0.384. The van der Waals surface area contributed by atoms with Crippen LogP contribution >= 0.6 is 0 Å². The highest BCUT2D eigenvalue weighted by atomic mass is 32.2. The first-order valence-corrected chi connectivity index (χ1v) is 14.8. The predicted octanol–water partition coefficient (Wildman–Crippen LogP) is 4.92. The second-order valence-electron chi connectivity index (χ2n) is 13.4. The van der Waals surface area contributed by atoms with Gasteiger partial charge in [0.1, 0.15) is 11.6 Å². The van der Waals surface area contributed by atoms with Crippen LogP contribution in [0.2, 0.25) is 0 Å². The fraction of sp³-hybridized carbons (Fsp3) is 0.586. The third-order valence-electron chi connectivity index (χ3n) is 5.69. The fourth-order valence-corrected chi connectivity index (χ4v) is 5.97. The van der Waals surface area contributed by atoms with E-state index >= 15 is 0 Å². The molecule has 0 aliphatic rings. The third kappa shape index (κ3) is 9.76. The predicted molar refractivity (Wildman–Crippen MR) is 155 cm³/mol. The minimum Gasteiger partial charge on any atom is -0.444 e. The van der Waals surface area contributed by atoms with Crippen LogP contribution in [0.5, 0.6) is 0 Å². The smallest absolute Gasteiger partial charge is 0.408 e. The summed E-state index contributed by atoms with van der Waals surface area (Å²) in [7, 11) is -4.40. The van der Waals surface area contributed by atoms with Gasteiger partial charge >= 0.3 is 6.09 Å². The summed E-state index contributed by atoms with van der Waals surface area (Å²) in [4.78, 5) is 42.6. The Balaban J connectivity index is 2.40. The van der Waals surface area contributed by atoms with Crippen LogP contribution in [0.3, 0.4) is 0 Å². The molecule has 3 amide bonds. The Bertz CT molecular complexity index is 1350. The largest absolute Gasteiger partial charge is 0.444 e. The van der Waals surface area contributed by atoms with Crippen LogP contribution in [0.4, 0.5) is 4.79 Å². The summed E-state index contributed by atoms with van der Waals surface area (Å²) in [5.41, 5.74) is -1.05. The molecule has 0 saturated heterocycles. The van der Waals surface area contributed by atoms with E-state index in [9.17, 15) is 22.8 Å². The average molecular weight is 577 g/mol. The van der Waals surface area contributed by atoms with E-state index in [0.717, 1.165) is 6.42 Å². The number of amides is 3. The monoisotopic (exact) mass is 576 g/mol. The number of ether oxygens (including phenoxy) is 1. The summed E-state index contributed by atoms with van der Waals surface area (Å²) < 4.78 is 34.2. The topological polar surface area (TPSA) is 144 Å². The maximum Gasteiger partial charge on any atom is 0.408 e. The van der Waals surface area contributed by atoms with Gasteiger partial charge in [0.15, 0.2) is 0 Å². The van der Waals surface area contributed by atoms with Crippen molar-refractivity contribution < 1.29 is 27.5 Å². The van der Waals surface area contributed by atoms with Gasteiger partial charge in [0, 0.05) is 28.9 Å². The molecule has 0 saturated carbocycles. The second kappa shape index (κ2) is 12.1. The van der Waals surface area contributed by atoms with Gasteiger partial charge in [0.2, 0.25) is 0 Å². The number of nitrogens with zero attached hydrogens (tertiary/aromatic N) is 1. The van der Waals surface area contributed by atoms with Gasteiger partial charge < -0.3 is 15.4 Å². The summed E-state index contributed by atoms with van der Waals surface area (Å²) >= 11 is 0. The molecule has 0 aliphatic heterocycles. The zero-order chi connectivity index (χ0) is 30.7. The van der Waals surface area contributed by atoms with E-state index in [1.165, 1.54) is 24.5 Å². The number of benzene rings is 1. The zero-order valence-corrected chi connectivity index (χ0v) is 26.1. The molecule has 0 fully saturated rings. The number of sulfonamides is 1. The number of alkyl carbamates (subject to hydrolysis) is 1. The molecule has 40 heavy (non-hydrogen) atoms. The van der Waals surface area contributed by atoms with Crippen molar-refractivity contribution in [2.45, 2.75) is 104 Å². The fourth-order valence-electron chi connectivity index (χ4n) is 4.75. The highest BCUT2D eigenvalue weighted by Crippen LogP contribution is 2.29. The molecule has 0 spiro atoms. The van der Waals surface area contributed by atoms with Gasteiger partial charge in [0.25, 0.3) is 21.8 Å². The molecule has 0 radical (unpaired) electrons. The van der Waals surface area contributed by atoms with Crippen LogP contribution in [-0.2, 0) is 19.6 Å². The highest BCUT2D eigenvalue weighted by Gasteiger charge is 2.31. The van der Waals surface area contributed by atoms with Crippen molar-refractivity contribution in [2.75, 3.05) is 0 Å². The number of rotatable bonds is 9. The van der Waals surface area contributed by atoms with E-state index < -0.39 is 39.2 Å². The molecular formula is C29H44N4O6S. The number of hydrogen-bond acceptors (Lipinski definition) is 7. The summed E-state index contributed by atoms with van der Waals surface area (Å²) in [5.74, 6) is -1.28. The highest BCUT2D eigenvalue weighted by molar-refractivity contribution is 7.90. The van der Waals surface area contributed by atoms with Gasteiger partial charge in [-0.05, 0) is 82.4 Å². The van der Waals surface area contributed by atoms with Gasteiger partial charge in [-0.2, -0.15) is 0 Å². The summed E-state index contributed by atoms with van der Waals surface area (Å²) in [6, 6.07) is 3.12. The van der Waals surface area contributed by atoms with E-state index in [2.05, 4.69) is 41.1 Å². The Morgan fingerprint density at radius 2 is 1.57 bits per heavy atom. The van der Waals surface area contributed by atoms with Gasteiger partial charge in [0.05, 0.1) is 4.90 Å². The molecule has 222 valence electrons. The van der Waals surface area contributed by atoms with Crippen molar-refractivity contribution >= 4 is 38.7 Å². The molecule has 1 atom stereocenters. The normalized spacial score (nSPS) is 13.6. The van der Waals surface area contributed by atoms with E-state index in [1.54, 1.807) is 26.8 Å². The Morgan fingerprint density at radius 1 is 0.950 bits per heavy atom. The van der Waals surface area contributed by atoms with Crippen LogP contribution in [0.25, 0.3) is 10.8 Å². The molecule has 3 N–H and O–H groups in total. The number of fused-ring (bicyclic) bond motifs is 1. The summed E-state index contributed by atoms with van der Waals surface area (Å²) in [6.45, 7) is 18.9. The van der Waals surface area contributed by atoms with E-state index in [1.807, 2.05) is 27.7 Å². The number of carbonyl (C=O) groups excluding carboxylic acids is 3. The van der Waals surface area contributed by atoms with Crippen LogP contribution in [0.1, 0.15) is 92.4 Å². The minimum atomic E-state index is -4.40. The first kappa shape index (κ1) is 33.0. The van der Waals surface area contributed by atoms with Crippen molar-refractivity contribution in [2.24, 2.45) is 11.3 Å². The van der Waals surface area contributed by atoms with E-state index in [4.69, 9.17) is 4.74 Å². The lowest BCUT2D eigenvalue weighted by Gasteiger charge is -2.33. The first-order chi connectivity index (χ1) is 18.1. The van der Waals surface area contributed by atoms with E-state index in [0.29, 0.717) is 5.39 Å². The Kier molecular flexibility index (Phi) is 10.00. The molecule has 2 aromatic rings. The maximum absolute atomic E-state index is 13.4. The standard InChI is InChI=1S/C29H44N4O6S/c1-18(2)15-22(31-26(36)39-28(6,7)8)25(35)33-40(37,38)23-12-11-20(19-13-14-30-16-21(19)23)24(34)32-29(9,10)17-27(3,4)5/h11-14,16,18,22H,15,17H2,1-10H3,(H,31,36)(H,32,34)(H,33,35)/t22-/m0/s1. The lowest BCUT2D eigenvalue weighted by atomic mass is 9.81. The van der Waals surface area contributed by atoms with Crippen molar-refractivity contribution in [1.82, 2.24) is 20.3 Å². The second-order valence-corrected chi connectivity index (χ2v) is 15.1. The molecule has 11 heteroatoms. The molecule has 10 nitrogen and oxygen atoms in total. The molecule has 1 heterocycles. The molecule has 2 rings (SSSR count). The van der Waals surface area contributed by atoms with Gasteiger partial charge in [-0.1, -0.05) is 34.6 Å². The molecule has 1 aromatic heterocycles. The minimum absolute atomic E-state index is 0.0231. The molecular weight excluding hydrogens is 532 g/mol. The van der Waals surface area contributed by atoms with Gasteiger partial charge in [-0.25, -0.2) is 17.9 Å². The van der Waals surface area contributed by atoms with Crippen LogP contribution in [0, 0.1) is 11.3 Å². The lowest BCUT2D eigenvalue weighted by molar-refractivity contribution is -0.121. The maximum atomic E-state index is 13.4. The van der Waals surface area contributed by atoms with Crippen LogP contribution in [-0.4, -0.2) is 48.5 Å². The molecule has 1 aromatic carbocycles. The number of nitrogens with one attached hydrogen (secondary N) is 3. The van der Waals surface area contributed by atoms with Gasteiger partial charge in [-0.3, -0.25) is 14.6 Å². The Labute approximate surface area is 238 Å². The number of aromatic nitrogens is 1. The number of hydrogen-bond donors (Lipinski definition) is 3. The Hall–Kier alpha value is -3.21. The summed E-state index contributed by atoms with van der Waals surface area (Å²) in [5, 5.41) is 6.08. The Morgan fingerprint density at radius 3 is 2.12 bits per heavy atom. The molecule has 0 aliphatic carbocycles. The van der Waals surface area contributed by atoms with E-state index in [-0.39, 0.29) is 39.5 Å². The molecule has 0 bridgehead atoms. The van der Waals surface area contributed by atoms with Crippen LogP contribution < -0.4 is 15.4 Å². The van der Waals surface area contributed by atoms with Crippen molar-refractivity contribution in [3.63, 3.8) is 0 Å². The first-order valence-electron chi connectivity index (χ1n) is 13.4. The van der Waals surface area contributed by atoms with Crippen molar-refractivity contribution in [1.29, 1.82) is 0 Å². The number of carbonyl (C=O) groups is 3. The lowest BCUT2D eigenvalue weighted by Crippen LogP contribution is -2.50. The van der Waals surface area contributed by atoms with Crippen LogP contribution in [0.15, 0.2) is 35.5 Å². The van der Waals surface area contributed by atoms with Crippen molar-refractivity contribution in [3.8, 4) is 0 Å². The SMILES string of the molecule is CC(C)C[C@H](NC(=O)OC(C)(C)C)C(=O)NS(=O)(=O)c1ccc(C(=O)NC(C)(C)CC(C)(C)C)c2ccncc12. The third-order valence-corrected chi connectivity index (χ3v) is 7.09. The summed E-state index contributed by atoms with van der Waals surface area (Å²) in [6.07, 6.45) is 2.89. The van der Waals surface area contributed by atoms with Crippen molar-refractivity contribution in [3.05, 3.63) is 36.2 Å².